The van der Waals surface area contributed by atoms with Gasteiger partial charge < -0.3 is 9.47 Å². The molecule has 0 aliphatic carbocycles. The minimum Gasteiger partial charge on any atom is -0.497 e. The summed E-state index contributed by atoms with van der Waals surface area (Å²) in [7, 11) is 1.43. The molecule has 21 heavy (non-hydrogen) atoms. The molecule has 0 amide bonds. The number of benzene rings is 2. The second-order valence-corrected chi connectivity index (χ2v) is 3.99. The van der Waals surface area contributed by atoms with E-state index >= 15 is 0 Å². The monoisotopic (exact) mass is 291 g/mol. The fourth-order valence-corrected chi connectivity index (χ4v) is 1.63. The summed E-state index contributed by atoms with van der Waals surface area (Å²) in [5.74, 6) is -1.61. The fourth-order valence-electron chi connectivity index (χ4n) is 1.63. The maximum atomic E-state index is 13.1. The van der Waals surface area contributed by atoms with Gasteiger partial charge in [-0.3, -0.25) is 10.1 Å². The van der Waals surface area contributed by atoms with E-state index in [4.69, 9.17) is 9.47 Å². The second-order valence-electron chi connectivity index (χ2n) is 3.99. The maximum absolute atomic E-state index is 13.1. The largest absolute Gasteiger partial charge is 0.497 e. The number of esters is 1. The van der Waals surface area contributed by atoms with E-state index in [9.17, 15) is 19.3 Å². The molecule has 0 N–H and O–H groups in total. The Hall–Kier alpha value is -2.96. The highest BCUT2D eigenvalue weighted by Gasteiger charge is 2.20. The molecule has 7 heteroatoms. The van der Waals surface area contributed by atoms with Crippen LogP contribution in [0.3, 0.4) is 0 Å². The molecule has 2 rings (SSSR count). The van der Waals surface area contributed by atoms with Crippen molar-refractivity contribution in [2.75, 3.05) is 7.11 Å². The first-order chi connectivity index (χ1) is 10.0. The van der Waals surface area contributed by atoms with Crippen LogP contribution in [0, 0.1) is 15.9 Å². The minimum atomic E-state index is -0.845. The highest BCUT2D eigenvalue weighted by atomic mass is 19.1. The third-order valence-electron chi connectivity index (χ3n) is 2.63. The van der Waals surface area contributed by atoms with Crippen LogP contribution in [0.25, 0.3) is 0 Å². The van der Waals surface area contributed by atoms with Crippen molar-refractivity contribution in [3.05, 3.63) is 64.0 Å². The van der Waals surface area contributed by atoms with Crippen molar-refractivity contribution in [3.8, 4) is 11.5 Å². The van der Waals surface area contributed by atoms with Crippen LogP contribution in [0.4, 0.5) is 10.1 Å². The van der Waals surface area contributed by atoms with Gasteiger partial charge in [0.15, 0.2) is 0 Å². The van der Waals surface area contributed by atoms with Gasteiger partial charge in [-0.2, -0.15) is 0 Å². The van der Waals surface area contributed by atoms with Crippen molar-refractivity contribution in [3.63, 3.8) is 0 Å². The summed E-state index contributed by atoms with van der Waals surface area (Å²) >= 11 is 0. The Labute approximate surface area is 118 Å². The van der Waals surface area contributed by atoms with Gasteiger partial charge in [0, 0.05) is 12.1 Å². The Morgan fingerprint density at radius 2 is 2.00 bits per heavy atom. The summed E-state index contributed by atoms with van der Waals surface area (Å²) in [6.07, 6.45) is 0. The van der Waals surface area contributed by atoms with Gasteiger partial charge in [0.25, 0.3) is 0 Å². The van der Waals surface area contributed by atoms with Crippen LogP contribution in [-0.2, 0) is 0 Å². The molecule has 108 valence electrons. The number of nitro groups is 1. The number of nitrogens with zero attached hydrogens (tertiary/aromatic N) is 1. The van der Waals surface area contributed by atoms with Crippen LogP contribution >= 0.6 is 0 Å². The molecule has 0 spiro atoms. The van der Waals surface area contributed by atoms with Crippen LogP contribution in [0.2, 0.25) is 0 Å². The molecular weight excluding hydrogens is 281 g/mol. The second kappa shape index (κ2) is 6.00. The van der Waals surface area contributed by atoms with Crippen molar-refractivity contribution in [2.24, 2.45) is 0 Å². The van der Waals surface area contributed by atoms with Crippen LogP contribution in [0.15, 0.2) is 42.5 Å². The summed E-state index contributed by atoms with van der Waals surface area (Å²) in [6, 6.07) is 8.70. The van der Waals surface area contributed by atoms with Gasteiger partial charge in [0.05, 0.1) is 17.6 Å². The molecule has 0 bridgehead atoms. The van der Waals surface area contributed by atoms with E-state index in [2.05, 4.69) is 0 Å². The number of methoxy groups -OCH3 is 1. The summed E-state index contributed by atoms with van der Waals surface area (Å²) in [6.45, 7) is 0. The maximum Gasteiger partial charge on any atom is 0.343 e. The number of carbonyl (C=O) groups is 1. The zero-order chi connectivity index (χ0) is 15.4. The highest BCUT2D eigenvalue weighted by Crippen LogP contribution is 2.28. The molecule has 0 unspecified atom stereocenters. The molecule has 0 atom stereocenters. The van der Waals surface area contributed by atoms with Gasteiger partial charge in [0.1, 0.15) is 11.6 Å². The van der Waals surface area contributed by atoms with Crippen molar-refractivity contribution >= 4 is 11.7 Å². The number of ether oxygens (including phenoxy) is 2. The van der Waals surface area contributed by atoms with Gasteiger partial charge in [-0.05, 0) is 24.3 Å². The van der Waals surface area contributed by atoms with Crippen molar-refractivity contribution in [1.82, 2.24) is 0 Å². The van der Waals surface area contributed by atoms with E-state index in [0.717, 1.165) is 18.2 Å². The normalized spacial score (nSPS) is 10.0. The summed E-state index contributed by atoms with van der Waals surface area (Å²) in [4.78, 5) is 22.0. The van der Waals surface area contributed by atoms with Crippen LogP contribution in [0.1, 0.15) is 10.4 Å². The third kappa shape index (κ3) is 3.33. The molecule has 0 heterocycles. The standard InChI is InChI=1S/C14H10FNO5/c1-20-11-4-2-3-9(7-11)14(17)21-13-8-10(15)5-6-12(13)16(18)19/h2-8H,1H3. The zero-order valence-electron chi connectivity index (χ0n) is 10.9. The Morgan fingerprint density at radius 3 is 2.67 bits per heavy atom. The van der Waals surface area contributed by atoms with Gasteiger partial charge in [0.2, 0.25) is 5.75 Å². The lowest BCUT2D eigenvalue weighted by molar-refractivity contribution is -0.385. The number of hydrogen-bond acceptors (Lipinski definition) is 5. The number of hydrogen-bond donors (Lipinski definition) is 0. The van der Waals surface area contributed by atoms with Crippen LogP contribution in [0.5, 0.6) is 11.5 Å². The van der Waals surface area contributed by atoms with Gasteiger partial charge in [-0.1, -0.05) is 6.07 Å². The van der Waals surface area contributed by atoms with E-state index in [1.807, 2.05) is 0 Å². The van der Waals surface area contributed by atoms with Crippen LogP contribution < -0.4 is 9.47 Å². The molecule has 2 aromatic carbocycles. The molecule has 6 nitrogen and oxygen atoms in total. The van der Waals surface area contributed by atoms with Gasteiger partial charge in [-0.15, -0.1) is 0 Å². The van der Waals surface area contributed by atoms with E-state index in [1.165, 1.54) is 19.2 Å². The van der Waals surface area contributed by atoms with Crippen LogP contribution in [-0.4, -0.2) is 18.0 Å². The van der Waals surface area contributed by atoms with Crippen molar-refractivity contribution in [2.45, 2.75) is 0 Å². The molecule has 0 aliphatic rings. The first-order valence-corrected chi connectivity index (χ1v) is 5.81. The Kier molecular flexibility index (Phi) is 4.13. The van der Waals surface area contributed by atoms with E-state index in [1.54, 1.807) is 12.1 Å². The number of halogens is 1. The van der Waals surface area contributed by atoms with Gasteiger partial charge in [-0.25, -0.2) is 9.18 Å². The predicted octanol–water partition coefficient (Wildman–Crippen LogP) is 2.96. The average Bonchev–Trinajstić information content (AvgIpc) is 2.47. The molecule has 0 aliphatic heterocycles. The number of nitro benzene ring substituents is 1. The lowest BCUT2D eigenvalue weighted by atomic mass is 10.2. The van der Waals surface area contributed by atoms with Crippen molar-refractivity contribution in [1.29, 1.82) is 0 Å². The van der Waals surface area contributed by atoms with Crippen molar-refractivity contribution < 1.29 is 23.6 Å². The molecule has 2 aromatic rings. The minimum absolute atomic E-state index is 0.132. The van der Waals surface area contributed by atoms with E-state index < -0.39 is 28.1 Å². The molecular formula is C14H10FNO5. The SMILES string of the molecule is COc1cccc(C(=O)Oc2cc(F)ccc2[N+](=O)[O-])c1. The quantitative estimate of drug-likeness (QED) is 0.374. The summed E-state index contributed by atoms with van der Waals surface area (Å²) in [5.41, 5.74) is -0.361. The van der Waals surface area contributed by atoms with Gasteiger partial charge >= 0.3 is 11.7 Å². The lowest BCUT2D eigenvalue weighted by Crippen LogP contribution is -2.10. The molecule has 0 saturated carbocycles. The Morgan fingerprint density at radius 1 is 1.24 bits per heavy atom. The fraction of sp³-hybridized carbons (Fsp3) is 0.0714. The highest BCUT2D eigenvalue weighted by molar-refractivity contribution is 5.91. The Balaban J connectivity index is 2.30. The molecule has 0 aromatic heterocycles. The lowest BCUT2D eigenvalue weighted by Gasteiger charge is -2.06. The zero-order valence-corrected chi connectivity index (χ0v) is 10.9. The predicted molar refractivity (Wildman–Crippen MR) is 71.0 cm³/mol. The Bertz CT molecular complexity index is 702. The topological polar surface area (TPSA) is 78.7 Å². The summed E-state index contributed by atoms with van der Waals surface area (Å²) in [5, 5.41) is 10.8. The summed E-state index contributed by atoms with van der Waals surface area (Å²) < 4.78 is 23.0. The van der Waals surface area contributed by atoms with E-state index in [-0.39, 0.29) is 5.56 Å². The molecule has 0 radical (unpaired) electrons. The first-order valence-electron chi connectivity index (χ1n) is 5.81. The molecule has 0 saturated heterocycles. The number of carbonyl (C=O) groups excluding carboxylic acids is 1. The smallest absolute Gasteiger partial charge is 0.343 e. The first kappa shape index (κ1) is 14.4. The average molecular weight is 291 g/mol. The third-order valence-corrected chi connectivity index (χ3v) is 2.63. The van der Waals surface area contributed by atoms with E-state index in [0.29, 0.717) is 5.75 Å². The number of rotatable bonds is 4. The molecule has 0 fully saturated rings.